The summed E-state index contributed by atoms with van der Waals surface area (Å²) in [6.45, 7) is 2.10. The van der Waals surface area contributed by atoms with Gasteiger partial charge in [-0.3, -0.25) is 14.4 Å². The highest BCUT2D eigenvalue weighted by Gasteiger charge is 2.35. The van der Waals surface area contributed by atoms with Gasteiger partial charge >= 0.3 is 0 Å². The minimum atomic E-state index is -0.195. The average molecular weight is 348 g/mol. The van der Waals surface area contributed by atoms with E-state index in [4.69, 9.17) is 0 Å². The zero-order valence-electron chi connectivity index (χ0n) is 14.0. The van der Waals surface area contributed by atoms with Crippen LogP contribution in [0.2, 0.25) is 0 Å². The normalized spacial score (nSPS) is 22.5. The molecule has 1 aliphatic heterocycles. The summed E-state index contributed by atoms with van der Waals surface area (Å²) in [5.74, 6) is -0.0733. The van der Waals surface area contributed by atoms with Gasteiger partial charge < -0.3 is 10.2 Å². The summed E-state index contributed by atoms with van der Waals surface area (Å²) in [5.41, 5.74) is 0.505. The number of hydrogen-bond donors (Lipinski definition) is 1. The fraction of sp³-hybridized carbons (Fsp3) is 0.611. The van der Waals surface area contributed by atoms with Crippen molar-refractivity contribution in [3.05, 3.63) is 21.9 Å². The molecule has 1 N–H and O–H groups in total. The Hall–Kier alpha value is -1.69. The van der Waals surface area contributed by atoms with Crippen LogP contribution in [-0.4, -0.2) is 41.1 Å². The predicted molar refractivity (Wildman–Crippen MR) is 93.4 cm³/mol. The Labute approximate surface area is 146 Å². The molecule has 1 aromatic heterocycles. The number of amides is 2. The Bertz CT molecular complexity index is 632. The van der Waals surface area contributed by atoms with Gasteiger partial charge in [-0.05, 0) is 25.8 Å². The Morgan fingerprint density at radius 3 is 2.54 bits per heavy atom. The number of carbonyl (C=O) groups is 3. The smallest absolute Gasteiger partial charge is 0.252 e. The van der Waals surface area contributed by atoms with E-state index in [1.165, 1.54) is 43.9 Å². The minimum Gasteiger partial charge on any atom is -0.347 e. The molecule has 1 atom stereocenters. The van der Waals surface area contributed by atoms with E-state index in [-0.39, 0.29) is 23.6 Å². The highest BCUT2D eigenvalue weighted by Crippen LogP contribution is 2.26. The monoisotopic (exact) mass is 348 g/mol. The van der Waals surface area contributed by atoms with E-state index in [1.807, 2.05) is 4.90 Å². The van der Waals surface area contributed by atoms with Gasteiger partial charge in [0.25, 0.3) is 5.91 Å². The second kappa shape index (κ2) is 7.47. The molecule has 0 spiro atoms. The molecule has 1 saturated carbocycles. The van der Waals surface area contributed by atoms with E-state index < -0.39 is 0 Å². The first-order chi connectivity index (χ1) is 11.5. The number of thiophene rings is 1. The molecule has 2 fully saturated rings. The topological polar surface area (TPSA) is 66.5 Å². The standard InChI is InChI=1S/C18H24N2O3S/c1-12(21)16-8-13(11-24-16)18(23)19-14-9-17(22)20(10-14)15-6-4-2-3-5-7-15/h8,11,14-15H,2-7,9-10H2,1H3,(H,19,23)/t14-/m1/s1. The van der Waals surface area contributed by atoms with Crippen LogP contribution in [-0.2, 0) is 4.79 Å². The van der Waals surface area contributed by atoms with Gasteiger partial charge in [0.15, 0.2) is 5.78 Å². The highest BCUT2D eigenvalue weighted by molar-refractivity contribution is 7.12. The molecule has 0 aromatic carbocycles. The van der Waals surface area contributed by atoms with Crippen molar-refractivity contribution in [3.8, 4) is 0 Å². The van der Waals surface area contributed by atoms with Crippen LogP contribution in [0.3, 0.4) is 0 Å². The van der Waals surface area contributed by atoms with Crippen LogP contribution in [0.4, 0.5) is 0 Å². The Kier molecular flexibility index (Phi) is 5.33. The lowest BCUT2D eigenvalue weighted by Crippen LogP contribution is -2.40. The summed E-state index contributed by atoms with van der Waals surface area (Å²) in [4.78, 5) is 38.6. The summed E-state index contributed by atoms with van der Waals surface area (Å²) < 4.78 is 0. The first-order valence-corrected chi connectivity index (χ1v) is 9.62. The van der Waals surface area contributed by atoms with E-state index >= 15 is 0 Å². The Balaban J connectivity index is 1.58. The minimum absolute atomic E-state index is 0.0327. The van der Waals surface area contributed by atoms with Gasteiger partial charge in [0.1, 0.15) is 0 Å². The molecular weight excluding hydrogens is 324 g/mol. The largest absolute Gasteiger partial charge is 0.347 e. The van der Waals surface area contributed by atoms with Crippen molar-refractivity contribution in [1.29, 1.82) is 0 Å². The maximum Gasteiger partial charge on any atom is 0.252 e. The van der Waals surface area contributed by atoms with Gasteiger partial charge in [0.05, 0.1) is 16.5 Å². The van der Waals surface area contributed by atoms with Gasteiger partial charge in [-0.2, -0.15) is 0 Å². The van der Waals surface area contributed by atoms with Gasteiger partial charge in [-0.1, -0.05) is 25.7 Å². The number of carbonyl (C=O) groups excluding carboxylic acids is 3. The third kappa shape index (κ3) is 3.86. The molecule has 1 aliphatic carbocycles. The first kappa shape index (κ1) is 17.1. The summed E-state index contributed by atoms with van der Waals surface area (Å²) in [7, 11) is 0. The molecule has 5 nitrogen and oxygen atoms in total. The van der Waals surface area contributed by atoms with Crippen LogP contribution in [0.1, 0.15) is 71.9 Å². The van der Waals surface area contributed by atoms with Crippen molar-refractivity contribution in [2.75, 3.05) is 6.54 Å². The molecule has 0 bridgehead atoms. The van der Waals surface area contributed by atoms with Crippen molar-refractivity contribution in [3.63, 3.8) is 0 Å². The summed E-state index contributed by atoms with van der Waals surface area (Å²) >= 11 is 1.28. The molecule has 3 rings (SSSR count). The molecule has 1 aromatic rings. The fourth-order valence-electron chi connectivity index (χ4n) is 3.66. The molecule has 0 radical (unpaired) electrons. The maximum absolute atomic E-state index is 12.3. The number of hydrogen-bond acceptors (Lipinski definition) is 4. The third-order valence-electron chi connectivity index (χ3n) is 4.97. The fourth-order valence-corrected chi connectivity index (χ4v) is 4.45. The molecule has 6 heteroatoms. The van der Waals surface area contributed by atoms with Crippen LogP contribution in [0.5, 0.6) is 0 Å². The van der Waals surface area contributed by atoms with E-state index in [1.54, 1.807) is 11.4 Å². The molecule has 2 heterocycles. The van der Waals surface area contributed by atoms with E-state index in [2.05, 4.69) is 5.32 Å². The molecular formula is C18H24N2O3S. The third-order valence-corrected chi connectivity index (χ3v) is 6.00. The number of Topliss-reactive ketones (excluding diaryl/α,β-unsaturated/α-hetero) is 1. The van der Waals surface area contributed by atoms with Crippen molar-refractivity contribution >= 4 is 28.9 Å². The van der Waals surface area contributed by atoms with Crippen LogP contribution >= 0.6 is 11.3 Å². The van der Waals surface area contributed by atoms with E-state index in [0.29, 0.717) is 29.4 Å². The Morgan fingerprint density at radius 2 is 1.92 bits per heavy atom. The molecule has 130 valence electrons. The molecule has 2 amide bonds. The average Bonchev–Trinajstić information content (AvgIpc) is 3.07. The summed E-state index contributed by atoms with van der Waals surface area (Å²) in [6, 6.07) is 1.84. The lowest BCUT2D eigenvalue weighted by molar-refractivity contribution is -0.129. The number of nitrogens with zero attached hydrogens (tertiary/aromatic N) is 1. The second-order valence-corrected chi connectivity index (χ2v) is 7.73. The number of rotatable bonds is 4. The number of nitrogens with one attached hydrogen (secondary N) is 1. The van der Waals surface area contributed by atoms with Gasteiger partial charge in [0, 0.05) is 24.4 Å². The van der Waals surface area contributed by atoms with Crippen LogP contribution in [0.15, 0.2) is 11.4 Å². The van der Waals surface area contributed by atoms with Gasteiger partial charge in [-0.15, -0.1) is 11.3 Å². The lowest BCUT2D eigenvalue weighted by atomic mass is 10.1. The first-order valence-electron chi connectivity index (χ1n) is 8.74. The molecule has 2 aliphatic rings. The molecule has 24 heavy (non-hydrogen) atoms. The van der Waals surface area contributed by atoms with Crippen LogP contribution < -0.4 is 5.32 Å². The predicted octanol–water partition coefficient (Wildman–Crippen LogP) is 3.00. The Morgan fingerprint density at radius 1 is 1.21 bits per heavy atom. The maximum atomic E-state index is 12.3. The lowest BCUT2D eigenvalue weighted by Gasteiger charge is -2.27. The van der Waals surface area contributed by atoms with Crippen molar-refractivity contribution in [2.24, 2.45) is 0 Å². The van der Waals surface area contributed by atoms with Crippen molar-refractivity contribution in [1.82, 2.24) is 10.2 Å². The van der Waals surface area contributed by atoms with Crippen LogP contribution in [0.25, 0.3) is 0 Å². The number of likely N-dealkylation sites (tertiary alicyclic amines) is 1. The van der Waals surface area contributed by atoms with Crippen molar-refractivity contribution in [2.45, 2.75) is 64.0 Å². The van der Waals surface area contributed by atoms with Gasteiger partial charge in [0.2, 0.25) is 5.91 Å². The quantitative estimate of drug-likeness (QED) is 0.672. The van der Waals surface area contributed by atoms with E-state index in [9.17, 15) is 14.4 Å². The van der Waals surface area contributed by atoms with E-state index in [0.717, 1.165) is 12.8 Å². The molecule has 0 unspecified atom stereocenters. The van der Waals surface area contributed by atoms with Crippen LogP contribution in [0, 0.1) is 0 Å². The summed E-state index contributed by atoms with van der Waals surface area (Å²) in [5, 5.41) is 4.66. The molecule has 1 saturated heterocycles. The number of ketones is 1. The SMILES string of the molecule is CC(=O)c1cc(C(=O)N[C@@H]2CC(=O)N(C3CCCCCC3)C2)cs1. The van der Waals surface area contributed by atoms with Gasteiger partial charge in [-0.25, -0.2) is 0 Å². The zero-order chi connectivity index (χ0) is 17.1. The highest BCUT2D eigenvalue weighted by atomic mass is 32.1. The van der Waals surface area contributed by atoms with Crippen molar-refractivity contribution < 1.29 is 14.4 Å². The zero-order valence-corrected chi connectivity index (χ0v) is 14.9. The second-order valence-electron chi connectivity index (χ2n) is 6.82. The summed E-state index contributed by atoms with van der Waals surface area (Å²) in [6.07, 6.45) is 7.44.